The zero-order chi connectivity index (χ0) is 16.4. The molecule has 2 saturated heterocycles. The first kappa shape index (κ1) is 16.1. The summed E-state index contributed by atoms with van der Waals surface area (Å²) in [7, 11) is 0. The fourth-order valence-corrected chi connectivity index (χ4v) is 4.44. The lowest BCUT2D eigenvalue weighted by atomic mass is 9.99. The molecule has 2 aliphatic heterocycles. The van der Waals surface area contributed by atoms with Crippen LogP contribution in [0.25, 0.3) is 0 Å². The summed E-state index contributed by atoms with van der Waals surface area (Å²) in [6, 6.07) is 20.2. The van der Waals surface area contributed by atoms with Crippen molar-refractivity contribution >= 4 is 11.8 Å². The minimum absolute atomic E-state index is 0.0960. The number of thioether (sulfide) groups is 1. The maximum atomic E-state index is 10.9. The van der Waals surface area contributed by atoms with Gasteiger partial charge in [0, 0.05) is 11.4 Å². The van der Waals surface area contributed by atoms with Gasteiger partial charge in [-0.25, -0.2) is 0 Å². The van der Waals surface area contributed by atoms with Crippen molar-refractivity contribution in [3.63, 3.8) is 0 Å². The lowest BCUT2D eigenvalue weighted by Crippen LogP contribution is -2.58. The van der Waals surface area contributed by atoms with Crippen molar-refractivity contribution in [2.24, 2.45) is 0 Å². The van der Waals surface area contributed by atoms with E-state index in [1.54, 1.807) is 11.8 Å². The predicted octanol–water partition coefficient (Wildman–Crippen LogP) is 2.42. The molecule has 0 amide bonds. The molecule has 0 saturated carbocycles. The number of fused-ring (bicyclic) bond motifs is 2. The molecule has 2 heterocycles. The molecule has 2 fully saturated rings. The Balaban J connectivity index is 1.46. The van der Waals surface area contributed by atoms with E-state index in [0.29, 0.717) is 13.2 Å². The van der Waals surface area contributed by atoms with Gasteiger partial charge in [0.2, 0.25) is 0 Å². The van der Waals surface area contributed by atoms with Gasteiger partial charge in [-0.05, 0) is 17.7 Å². The molecule has 0 spiro atoms. The summed E-state index contributed by atoms with van der Waals surface area (Å²) < 4.78 is 11.8. The lowest BCUT2D eigenvalue weighted by molar-refractivity contribution is -0.123. The molecule has 0 aromatic heterocycles. The Morgan fingerprint density at radius 1 is 1.04 bits per heavy atom. The van der Waals surface area contributed by atoms with Crippen molar-refractivity contribution < 1.29 is 14.6 Å². The first-order valence-corrected chi connectivity index (χ1v) is 9.13. The second kappa shape index (κ2) is 7.25. The van der Waals surface area contributed by atoms with Crippen molar-refractivity contribution in [3.05, 3.63) is 66.2 Å². The fraction of sp³-hybridized carbons (Fsp3) is 0.368. The summed E-state index contributed by atoms with van der Waals surface area (Å²) in [5, 5.41) is 14.2. The average Bonchev–Trinajstić information content (AvgIpc) is 3.06. The number of benzene rings is 2. The minimum Gasteiger partial charge on any atom is -0.390 e. The number of aliphatic hydroxyl groups excluding tert-OH is 1. The molecule has 0 unspecified atom stereocenters. The summed E-state index contributed by atoms with van der Waals surface area (Å²) in [5.74, 6) is 0. The second-order valence-corrected chi connectivity index (χ2v) is 7.41. The van der Waals surface area contributed by atoms with E-state index in [4.69, 9.17) is 9.47 Å². The minimum atomic E-state index is -0.523. The predicted molar refractivity (Wildman–Crippen MR) is 93.8 cm³/mol. The average molecular weight is 343 g/mol. The van der Waals surface area contributed by atoms with Crippen LogP contribution < -0.4 is 5.32 Å². The van der Waals surface area contributed by atoms with E-state index in [1.807, 2.05) is 48.5 Å². The van der Waals surface area contributed by atoms with Gasteiger partial charge in [-0.15, -0.1) is 11.8 Å². The van der Waals surface area contributed by atoms with Gasteiger partial charge < -0.3 is 19.9 Å². The van der Waals surface area contributed by atoms with Gasteiger partial charge in [0.1, 0.15) is 6.10 Å². The topological polar surface area (TPSA) is 50.7 Å². The van der Waals surface area contributed by atoms with Gasteiger partial charge in [-0.2, -0.15) is 0 Å². The van der Waals surface area contributed by atoms with E-state index in [0.717, 1.165) is 4.90 Å². The van der Waals surface area contributed by atoms with Crippen molar-refractivity contribution in [2.45, 2.75) is 41.2 Å². The quantitative estimate of drug-likeness (QED) is 0.873. The van der Waals surface area contributed by atoms with Gasteiger partial charge in [0.25, 0.3) is 0 Å². The molecule has 0 aliphatic carbocycles. The Kier molecular flexibility index (Phi) is 4.87. The molecule has 4 rings (SSSR count). The Morgan fingerprint density at radius 2 is 1.75 bits per heavy atom. The zero-order valence-electron chi connectivity index (χ0n) is 13.2. The summed E-state index contributed by atoms with van der Waals surface area (Å²) in [5.41, 5.74) is 1.19. The maximum Gasteiger partial charge on any atom is 0.172 e. The van der Waals surface area contributed by atoms with E-state index < -0.39 is 6.10 Å². The van der Waals surface area contributed by atoms with Crippen LogP contribution in [0.1, 0.15) is 5.56 Å². The van der Waals surface area contributed by atoms with E-state index >= 15 is 0 Å². The van der Waals surface area contributed by atoms with Crippen molar-refractivity contribution in [2.75, 3.05) is 6.61 Å². The molecule has 24 heavy (non-hydrogen) atoms. The molecule has 126 valence electrons. The maximum absolute atomic E-state index is 10.9. The first-order valence-electron chi connectivity index (χ1n) is 8.25. The van der Waals surface area contributed by atoms with Crippen LogP contribution in [0.5, 0.6) is 0 Å². The number of aliphatic hydroxyl groups is 1. The fourth-order valence-electron chi connectivity index (χ4n) is 3.25. The number of nitrogens with one attached hydrogen (secondary N) is 1. The third kappa shape index (κ3) is 3.36. The highest BCUT2D eigenvalue weighted by atomic mass is 32.2. The molecular weight excluding hydrogens is 322 g/mol. The van der Waals surface area contributed by atoms with Gasteiger partial charge in [0.05, 0.1) is 24.0 Å². The van der Waals surface area contributed by atoms with Crippen LogP contribution in [0, 0.1) is 0 Å². The van der Waals surface area contributed by atoms with Crippen LogP contribution in [-0.2, 0) is 16.0 Å². The van der Waals surface area contributed by atoms with Crippen LogP contribution in [0.15, 0.2) is 65.6 Å². The van der Waals surface area contributed by atoms with E-state index in [9.17, 15) is 5.11 Å². The van der Waals surface area contributed by atoms with Gasteiger partial charge in [-0.1, -0.05) is 48.5 Å². The Hall–Kier alpha value is -1.37. The summed E-state index contributed by atoms with van der Waals surface area (Å²) in [6.07, 6.45) is -0.962. The molecule has 2 aromatic rings. The molecule has 4 nitrogen and oxygen atoms in total. The van der Waals surface area contributed by atoms with Gasteiger partial charge in [-0.3, -0.25) is 0 Å². The third-order valence-corrected chi connectivity index (χ3v) is 5.82. The summed E-state index contributed by atoms with van der Waals surface area (Å²) in [6.45, 7) is 1.23. The van der Waals surface area contributed by atoms with Crippen LogP contribution in [0.2, 0.25) is 0 Å². The van der Waals surface area contributed by atoms with E-state index in [1.165, 1.54) is 5.56 Å². The standard InChI is InChI=1S/C19H21NO3S/c21-17-16(20-11-13-7-3-1-4-8-13)15-12-22-19(23-15)18(17)24-14-9-5-2-6-10-14/h1-10,15-21H,11-12H2/t15-,16-,17+,18-,19-/m1/s1. The van der Waals surface area contributed by atoms with Crippen LogP contribution in [0.4, 0.5) is 0 Å². The number of ether oxygens (including phenoxy) is 2. The van der Waals surface area contributed by atoms with Crippen molar-refractivity contribution in [1.29, 1.82) is 0 Å². The first-order chi connectivity index (χ1) is 11.8. The number of rotatable bonds is 5. The summed E-state index contributed by atoms with van der Waals surface area (Å²) >= 11 is 1.62. The second-order valence-electron chi connectivity index (χ2n) is 6.15. The van der Waals surface area contributed by atoms with Gasteiger partial charge >= 0.3 is 0 Å². The van der Waals surface area contributed by atoms with E-state index in [-0.39, 0.29) is 23.7 Å². The Bertz CT molecular complexity index is 654. The number of hydrogen-bond donors (Lipinski definition) is 2. The van der Waals surface area contributed by atoms with Gasteiger partial charge in [0.15, 0.2) is 6.29 Å². The SMILES string of the molecule is O[C@H]1[C@H](NCc2ccccc2)[C@H]2CO[C@H](O2)[C@@H]1Sc1ccccc1. The van der Waals surface area contributed by atoms with Crippen LogP contribution in [0.3, 0.4) is 0 Å². The zero-order valence-corrected chi connectivity index (χ0v) is 14.1. The molecule has 5 heteroatoms. The molecule has 2 aromatic carbocycles. The highest BCUT2D eigenvalue weighted by molar-refractivity contribution is 8.00. The normalized spacial score (nSPS) is 32.0. The highest BCUT2D eigenvalue weighted by Gasteiger charge is 2.50. The molecule has 0 radical (unpaired) electrons. The summed E-state index contributed by atoms with van der Waals surface area (Å²) in [4.78, 5) is 1.11. The molecule has 2 bridgehead atoms. The van der Waals surface area contributed by atoms with Crippen molar-refractivity contribution in [1.82, 2.24) is 5.32 Å². The third-order valence-electron chi connectivity index (χ3n) is 4.51. The number of hydrogen-bond acceptors (Lipinski definition) is 5. The van der Waals surface area contributed by atoms with Crippen LogP contribution >= 0.6 is 11.8 Å². The largest absolute Gasteiger partial charge is 0.390 e. The monoisotopic (exact) mass is 343 g/mol. The molecular formula is C19H21NO3S. The Labute approximate surface area is 146 Å². The van der Waals surface area contributed by atoms with Crippen LogP contribution in [-0.4, -0.2) is 41.5 Å². The smallest absolute Gasteiger partial charge is 0.172 e. The Morgan fingerprint density at radius 3 is 2.50 bits per heavy atom. The van der Waals surface area contributed by atoms with Crippen molar-refractivity contribution in [3.8, 4) is 0 Å². The molecule has 2 aliphatic rings. The van der Waals surface area contributed by atoms with E-state index in [2.05, 4.69) is 17.4 Å². The molecule has 2 N–H and O–H groups in total. The molecule has 5 atom stereocenters. The highest BCUT2D eigenvalue weighted by Crippen LogP contribution is 2.38. The lowest BCUT2D eigenvalue weighted by Gasteiger charge is -2.38.